The number of nitrogen functional groups attached to an aromatic ring is 2. The Morgan fingerprint density at radius 1 is 1.55 bits per heavy atom. The minimum Gasteiger partial charge on any atom is -0.504 e. The third kappa shape index (κ3) is 0.682. The minimum absolute atomic E-state index is 0.134. The van der Waals surface area contributed by atoms with Crippen LogP contribution in [0.4, 0.5) is 5.00 Å². The number of rotatable bonds is 0. The van der Waals surface area contributed by atoms with E-state index in [0.29, 0.717) is 5.00 Å². The Hall–Kier alpha value is -1.36. The predicted molar refractivity (Wildman–Crippen MR) is 46.0 cm³/mol. The number of nitrogens with zero attached hydrogens (tertiary/aromatic N) is 1. The number of nitrogens with two attached hydrogens (primary N) is 2. The highest BCUT2D eigenvalue weighted by Crippen LogP contribution is 2.38. The van der Waals surface area contributed by atoms with Crippen LogP contribution in [0.25, 0.3) is 10.2 Å². The molecule has 0 atom stereocenters. The van der Waals surface area contributed by atoms with Crippen LogP contribution in [0.3, 0.4) is 0 Å². The fraction of sp³-hybridized carbons (Fsp3) is 0. The summed E-state index contributed by atoms with van der Waals surface area (Å²) in [6.07, 6.45) is 1.68. The molecule has 0 saturated carbocycles. The first-order valence-electron chi connectivity index (χ1n) is 3.03. The smallest absolute Gasteiger partial charge is 0.159 e. The van der Waals surface area contributed by atoms with Gasteiger partial charge in [0.2, 0.25) is 0 Å². The summed E-state index contributed by atoms with van der Waals surface area (Å²) in [5.41, 5.74) is 5.47. The van der Waals surface area contributed by atoms with Gasteiger partial charge < -0.3 is 16.7 Å². The largest absolute Gasteiger partial charge is 0.504 e. The molecule has 0 aliphatic carbocycles. The van der Waals surface area contributed by atoms with Crippen molar-refractivity contribution in [1.82, 2.24) is 4.68 Å². The molecule has 2 rings (SSSR count). The van der Waals surface area contributed by atoms with Crippen LogP contribution in [-0.2, 0) is 0 Å². The Bertz CT molecular complexity index is 403. The predicted octanol–water partition coefficient (Wildman–Crippen LogP) is 0.704. The Morgan fingerprint density at radius 3 is 2.91 bits per heavy atom. The lowest BCUT2D eigenvalue weighted by Gasteiger charge is -1.87. The molecule has 0 saturated heterocycles. The zero-order valence-corrected chi connectivity index (χ0v) is 6.43. The third-order valence-electron chi connectivity index (χ3n) is 1.56. The van der Waals surface area contributed by atoms with Crippen LogP contribution in [0, 0.1) is 0 Å². The third-order valence-corrected chi connectivity index (χ3v) is 2.60. The molecule has 0 fully saturated rings. The summed E-state index contributed by atoms with van der Waals surface area (Å²) in [4.78, 5) is 0.792. The Balaban J connectivity index is 2.93. The van der Waals surface area contributed by atoms with Gasteiger partial charge in [0.05, 0.1) is 5.39 Å². The van der Waals surface area contributed by atoms with Gasteiger partial charge >= 0.3 is 0 Å². The van der Waals surface area contributed by atoms with Crippen molar-refractivity contribution >= 4 is 26.6 Å². The lowest BCUT2D eigenvalue weighted by molar-refractivity contribution is 0.486. The van der Waals surface area contributed by atoms with E-state index in [9.17, 15) is 5.11 Å². The van der Waals surface area contributed by atoms with Gasteiger partial charge in [0.25, 0.3) is 0 Å². The van der Waals surface area contributed by atoms with Crippen LogP contribution >= 0.6 is 11.3 Å². The second kappa shape index (κ2) is 1.82. The molecule has 2 aromatic heterocycles. The van der Waals surface area contributed by atoms with Crippen LogP contribution < -0.4 is 11.6 Å². The van der Waals surface area contributed by atoms with E-state index in [2.05, 4.69) is 0 Å². The normalized spacial score (nSPS) is 10.9. The Kier molecular flexibility index (Phi) is 1.05. The van der Waals surface area contributed by atoms with E-state index < -0.39 is 0 Å². The van der Waals surface area contributed by atoms with Crippen LogP contribution in [0.2, 0.25) is 0 Å². The quantitative estimate of drug-likeness (QED) is 0.508. The summed E-state index contributed by atoms with van der Waals surface area (Å²) >= 11 is 1.28. The average Bonchev–Trinajstić information content (AvgIpc) is 2.43. The van der Waals surface area contributed by atoms with Gasteiger partial charge in [-0.05, 0) is 6.07 Å². The molecule has 2 heterocycles. The van der Waals surface area contributed by atoms with Crippen molar-refractivity contribution in [2.45, 2.75) is 0 Å². The molecule has 0 aliphatic heterocycles. The van der Waals surface area contributed by atoms with Crippen molar-refractivity contribution in [2.24, 2.45) is 0 Å². The summed E-state index contributed by atoms with van der Waals surface area (Å²) in [5, 5.41) is 10.5. The number of aromatic nitrogens is 1. The van der Waals surface area contributed by atoms with E-state index in [0.717, 1.165) is 10.2 Å². The maximum Gasteiger partial charge on any atom is 0.159 e. The van der Waals surface area contributed by atoms with Crippen LogP contribution in [-0.4, -0.2) is 9.78 Å². The fourth-order valence-corrected chi connectivity index (χ4v) is 1.86. The molecule has 11 heavy (non-hydrogen) atoms. The SMILES string of the molecule is Nc1sc2c(ccn2N)c1O. The van der Waals surface area contributed by atoms with E-state index in [-0.39, 0.29) is 5.75 Å². The summed E-state index contributed by atoms with van der Waals surface area (Å²) in [5.74, 6) is 5.65. The average molecular weight is 169 g/mol. The second-order valence-corrected chi connectivity index (χ2v) is 3.29. The van der Waals surface area contributed by atoms with Gasteiger partial charge in [0, 0.05) is 6.20 Å². The number of anilines is 1. The van der Waals surface area contributed by atoms with Gasteiger partial charge in [0.1, 0.15) is 9.83 Å². The van der Waals surface area contributed by atoms with E-state index >= 15 is 0 Å². The summed E-state index contributed by atoms with van der Waals surface area (Å²) < 4.78 is 1.44. The highest BCUT2D eigenvalue weighted by molar-refractivity contribution is 7.22. The van der Waals surface area contributed by atoms with Crippen LogP contribution in [0.5, 0.6) is 5.75 Å². The summed E-state index contributed by atoms with van der Waals surface area (Å²) in [6, 6.07) is 1.73. The van der Waals surface area contributed by atoms with E-state index in [1.165, 1.54) is 16.0 Å². The zero-order valence-electron chi connectivity index (χ0n) is 5.61. The fourth-order valence-electron chi connectivity index (χ4n) is 1.01. The molecule has 0 unspecified atom stereocenters. The first kappa shape index (κ1) is 6.36. The molecule has 0 bridgehead atoms. The van der Waals surface area contributed by atoms with Crippen molar-refractivity contribution in [3.05, 3.63) is 12.3 Å². The topological polar surface area (TPSA) is 77.2 Å². The maximum atomic E-state index is 9.33. The van der Waals surface area contributed by atoms with Crippen molar-refractivity contribution in [1.29, 1.82) is 0 Å². The van der Waals surface area contributed by atoms with Crippen molar-refractivity contribution in [2.75, 3.05) is 11.6 Å². The van der Waals surface area contributed by atoms with Gasteiger partial charge in [-0.2, -0.15) is 0 Å². The molecule has 0 spiro atoms. The van der Waals surface area contributed by atoms with Gasteiger partial charge in [0.15, 0.2) is 5.75 Å². The summed E-state index contributed by atoms with van der Waals surface area (Å²) in [6.45, 7) is 0. The molecule has 0 aromatic carbocycles. The first-order chi connectivity index (χ1) is 5.20. The molecule has 4 nitrogen and oxygen atoms in total. The molecule has 5 N–H and O–H groups in total. The molecule has 58 valence electrons. The zero-order chi connectivity index (χ0) is 8.01. The van der Waals surface area contributed by atoms with E-state index in [4.69, 9.17) is 11.6 Å². The molecular weight excluding hydrogens is 162 g/mol. The van der Waals surface area contributed by atoms with Crippen molar-refractivity contribution < 1.29 is 5.11 Å². The van der Waals surface area contributed by atoms with Gasteiger partial charge in [-0.25, -0.2) is 0 Å². The standard InChI is InChI=1S/C6H7N3OS/c7-5-4(10)3-1-2-9(8)6(3)11-5/h1-2,10H,7-8H2. The summed E-state index contributed by atoms with van der Waals surface area (Å²) in [7, 11) is 0. The van der Waals surface area contributed by atoms with Crippen LogP contribution in [0.1, 0.15) is 0 Å². The molecule has 2 aromatic rings. The molecule has 0 aliphatic rings. The lowest BCUT2D eigenvalue weighted by Crippen LogP contribution is -2.03. The lowest BCUT2D eigenvalue weighted by atomic mass is 10.4. The molecule has 0 amide bonds. The van der Waals surface area contributed by atoms with E-state index in [1.54, 1.807) is 12.3 Å². The van der Waals surface area contributed by atoms with Crippen LogP contribution in [0.15, 0.2) is 12.3 Å². The van der Waals surface area contributed by atoms with Gasteiger partial charge in [-0.1, -0.05) is 11.3 Å². The second-order valence-electron chi connectivity index (χ2n) is 2.26. The number of aromatic hydroxyl groups is 1. The van der Waals surface area contributed by atoms with Crippen molar-refractivity contribution in [3.8, 4) is 5.75 Å². The first-order valence-corrected chi connectivity index (χ1v) is 3.85. The van der Waals surface area contributed by atoms with E-state index in [1.807, 2.05) is 0 Å². The van der Waals surface area contributed by atoms with Crippen molar-refractivity contribution in [3.63, 3.8) is 0 Å². The molecular formula is C6H7N3OS. The monoisotopic (exact) mass is 169 g/mol. The Labute approximate surface area is 66.6 Å². The number of fused-ring (bicyclic) bond motifs is 1. The highest BCUT2D eigenvalue weighted by atomic mass is 32.1. The molecule has 0 radical (unpaired) electrons. The van der Waals surface area contributed by atoms with Gasteiger partial charge in [-0.15, -0.1) is 0 Å². The minimum atomic E-state index is 0.134. The number of hydrogen-bond donors (Lipinski definition) is 3. The highest BCUT2D eigenvalue weighted by Gasteiger charge is 2.10. The maximum absolute atomic E-state index is 9.33. The number of thiophene rings is 1. The number of hydrogen-bond acceptors (Lipinski definition) is 4. The molecule has 5 heteroatoms. The van der Waals surface area contributed by atoms with Gasteiger partial charge in [-0.3, -0.25) is 4.68 Å². The Morgan fingerprint density at radius 2 is 2.27 bits per heavy atom.